The highest BCUT2D eigenvalue weighted by atomic mass is 79.9. The maximum atomic E-state index is 12.2. The molecule has 3 N–H and O–H groups in total. The van der Waals surface area contributed by atoms with Crippen molar-refractivity contribution in [1.29, 1.82) is 0 Å². The molecule has 2 rings (SSSR count). The predicted octanol–water partition coefficient (Wildman–Crippen LogP) is 4.50. The Morgan fingerprint density at radius 3 is 2.70 bits per heavy atom. The van der Waals surface area contributed by atoms with Gasteiger partial charge in [0.2, 0.25) is 0 Å². The van der Waals surface area contributed by atoms with Crippen molar-refractivity contribution >= 4 is 44.8 Å². The number of anilines is 2. The van der Waals surface area contributed by atoms with Crippen molar-refractivity contribution < 1.29 is 4.79 Å². The van der Waals surface area contributed by atoms with Crippen molar-refractivity contribution in [3.63, 3.8) is 0 Å². The fourth-order valence-corrected chi connectivity index (χ4v) is 2.43. The number of nitrogen functional groups attached to an aromatic ring is 1. The van der Waals surface area contributed by atoms with Crippen LogP contribution in [0.2, 0.25) is 5.02 Å². The second-order valence-corrected chi connectivity index (χ2v) is 5.67. The molecule has 0 radical (unpaired) electrons. The van der Waals surface area contributed by atoms with Crippen molar-refractivity contribution in [2.75, 3.05) is 11.1 Å². The smallest absolute Gasteiger partial charge is 0.257 e. The van der Waals surface area contributed by atoms with Gasteiger partial charge in [-0.3, -0.25) is 4.79 Å². The third-order valence-electron chi connectivity index (χ3n) is 2.96. The predicted molar refractivity (Wildman–Crippen MR) is 87.3 cm³/mol. The zero-order valence-electron chi connectivity index (χ0n) is 10.9. The van der Waals surface area contributed by atoms with E-state index in [-0.39, 0.29) is 5.91 Å². The number of carbonyl (C=O) groups excluding carboxylic acids is 1. The van der Waals surface area contributed by atoms with Crippen molar-refractivity contribution in [2.24, 2.45) is 0 Å². The Bertz CT molecular complexity index is 658. The second-order valence-electron chi connectivity index (χ2n) is 4.35. The molecule has 0 saturated carbocycles. The first-order chi connectivity index (χ1) is 9.51. The molecule has 0 aliphatic heterocycles. The molecular formula is C15H14BrClN2O. The largest absolute Gasteiger partial charge is 0.398 e. The molecule has 3 nitrogen and oxygen atoms in total. The first-order valence-corrected chi connectivity index (χ1v) is 7.33. The molecule has 0 fully saturated rings. The van der Waals surface area contributed by atoms with Gasteiger partial charge in [0.15, 0.2) is 0 Å². The average Bonchev–Trinajstić information content (AvgIpc) is 2.41. The monoisotopic (exact) mass is 352 g/mol. The van der Waals surface area contributed by atoms with Crippen LogP contribution >= 0.6 is 27.5 Å². The molecule has 2 aromatic carbocycles. The number of rotatable bonds is 3. The highest BCUT2D eigenvalue weighted by Crippen LogP contribution is 2.23. The molecule has 20 heavy (non-hydrogen) atoms. The fraction of sp³-hybridized carbons (Fsp3) is 0.133. The topological polar surface area (TPSA) is 55.1 Å². The Kier molecular flexibility index (Phi) is 4.68. The van der Waals surface area contributed by atoms with E-state index in [9.17, 15) is 4.79 Å². The van der Waals surface area contributed by atoms with Crippen LogP contribution in [0.15, 0.2) is 40.9 Å². The highest BCUT2D eigenvalue weighted by Gasteiger charge is 2.11. The molecule has 0 saturated heterocycles. The van der Waals surface area contributed by atoms with Gasteiger partial charge >= 0.3 is 0 Å². The van der Waals surface area contributed by atoms with E-state index < -0.39 is 0 Å². The molecule has 0 aliphatic rings. The average molecular weight is 354 g/mol. The van der Waals surface area contributed by atoms with E-state index in [0.717, 1.165) is 16.5 Å². The summed E-state index contributed by atoms with van der Waals surface area (Å²) in [6, 6.07) is 10.6. The third kappa shape index (κ3) is 3.32. The molecule has 0 aliphatic carbocycles. The SMILES string of the molecule is CCc1ccc(NC(=O)c2cc(Br)ccc2Cl)cc1N. The summed E-state index contributed by atoms with van der Waals surface area (Å²) in [4.78, 5) is 12.2. The van der Waals surface area contributed by atoms with E-state index >= 15 is 0 Å². The van der Waals surface area contributed by atoms with Crippen LogP contribution < -0.4 is 11.1 Å². The lowest BCUT2D eigenvalue weighted by molar-refractivity contribution is 0.102. The molecule has 1 amide bonds. The van der Waals surface area contributed by atoms with Gasteiger partial charge in [-0.2, -0.15) is 0 Å². The van der Waals surface area contributed by atoms with Crippen LogP contribution in [-0.2, 0) is 6.42 Å². The molecule has 0 unspecified atom stereocenters. The summed E-state index contributed by atoms with van der Waals surface area (Å²) < 4.78 is 0.799. The van der Waals surface area contributed by atoms with Crippen molar-refractivity contribution in [2.45, 2.75) is 13.3 Å². The molecule has 0 atom stereocenters. The fourth-order valence-electron chi connectivity index (χ4n) is 1.86. The molecule has 0 bridgehead atoms. The van der Waals surface area contributed by atoms with Gasteiger partial charge in [-0.15, -0.1) is 0 Å². The molecule has 104 valence electrons. The van der Waals surface area contributed by atoms with E-state index in [1.165, 1.54) is 0 Å². The lowest BCUT2D eigenvalue weighted by Crippen LogP contribution is -2.13. The lowest BCUT2D eigenvalue weighted by atomic mass is 10.1. The molecule has 0 heterocycles. The van der Waals surface area contributed by atoms with Crippen LogP contribution in [0.1, 0.15) is 22.8 Å². The normalized spacial score (nSPS) is 10.3. The van der Waals surface area contributed by atoms with Gasteiger partial charge < -0.3 is 11.1 Å². The van der Waals surface area contributed by atoms with E-state index in [0.29, 0.717) is 22.0 Å². The van der Waals surface area contributed by atoms with Crippen molar-refractivity contribution in [1.82, 2.24) is 0 Å². The van der Waals surface area contributed by atoms with Crippen LogP contribution in [0.3, 0.4) is 0 Å². The van der Waals surface area contributed by atoms with Gasteiger partial charge in [0.1, 0.15) is 0 Å². The number of aryl methyl sites for hydroxylation is 1. The number of hydrogen-bond donors (Lipinski definition) is 2. The Morgan fingerprint density at radius 1 is 1.30 bits per heavy atom. The Balaban J connectivity index is 2.23. The second kappa shape index (κ2) is 6.29. The van der Waals surface area contributed by atoms with E-state index in [4.69, 9.17) is 17.3 Å². The quantitative estimate of drug-likeness (QED) is 0.798. The molecule has 2 aromatic rings. The first-order valence-electron chi connectivity index (χ1n) is 6.16. The molecule has 0 spiro atoms. The number of carbonyl (C=O) groups is 1. The maximum Gasteiger partial charge on any atom is 0.257 e. The minimum atomic E-state index is -0.264. The van der Waals surface area contributed by atoms with Gasteiger partial charge in [-0.1, -0.05) is 40.5 Å². The van der Waals surface area contributed by atoms with Crippen LogP contribution in [0.4, 0.5) is 11.4 Å². The Labute approximate surface area is 131 Å². The summed E-state index contributed by atoms with van der Waals surface area (Å²) >= 11 is 9.35. The zero-order valence-corrected chi connectivity index (χ0v) is 13.3. The first kappa shape index (κ1) is 14.9. The van der Waals surface area contributed by atoms with E-state index in [1.54, 1.807) is 24.3 Å². The number of halogens is 2. The van der Waals surface area contributed by atoms with E-state index in [2.05, 4.69) is 21.2 Å². The van der Waals surface area contributed by atoms with Crippen LogP contribution in [0, 0.1) is 0 Å². The number of benzene rings is 2. The number of hydrogen-bond acceptors (Lipinski definition) is 2. The van der Waals surface area contributed by atoms with Gasteiger partial charge in [0.05, 0.1) is 10.6 Å². The van der Waals surface area contributed by atoms with Crippen molar-refractivity contribution in [3.8, 4) is 0 Å². The summed E-state index contributed by atoms with van der Waals surface area (Å²) in [5, 5.41) is 3.20. The minimum absolute atomic E-state index is 0.264. The highest BCUT2D eigenvalue weighted by molar-refractivity contribution is 9.10. The number of amides is 1. The van der Waals surface area contributed by atoms with Crippen LogP contribution in [-0.4, -0.2) is 5.91 Å². The summed E-state index contributed by atoms with van der Waals surface area (Å²) in [5.74, 6) is -0.264. The summed E-state index contributed by atoms with van der Waals surface area (Å²) in [6.07, 6.45) is 0.859. The zero-order chi connectivity index (χ0) is 14.7. The molecule has 0 aromatic heterocycles. The van der Waals surface area contributed by atoms with Gasteiger partial charge in [-0.25, -0.2) is 0 Å². The molecule has 5 heteroatoms. The number of nitrogens with one attached hydrogen (secondary N) is 1. The minimum Gasteiger partial charge on any atom is -0.398 e. The lowest BCUT2D eigenvalue weighted by Gasteiger charge is -2.09. The Morgan fingerprint density at radius 2 is 2.05 bits per heavy atom. The van der Waals surface area contributed by atoms with Gasteiger partial charge in [-0.05, 0) is 42.3 Å². The van der Waals surface area contributed by atoms with Gasteiger partial charge in [0, 0.05) is 15.8 Å². The van der Waals surface area contributed by atoms with Crippen LogP contribution in [0.5, 0.6) is 0 Å². The standard InChI is InChI=1S/C15H14BrClN2O/c1-2-9-3-5-11(8-14(9)18)19-15(20)12-7-10(16)4-6-13(12)17/h3-8H,2,18H2,1H3,(H,19,20). The third-order valence-corrected chi connectivity index (χ3v) is 3.78. The van der Waals surface area contributed by atoms with Gasteiger partial charge in [0.25, 0.3) is 5.91 Å². The number of nitrogens with two attached hydrogens (primary N) is 1. The summed E-state index contributed by atoms with van der Waals surface area (Å²) in [7, 11) is 0. The van der Waals surface area contributed by atoms with E-state index in [1.807, 2.05) is 19.1 Å². The molecular weight excluding hydrogens is 340 g/mol. The maximum absolute atomic E-state index is 12.2. The van der Waals surface area contributed by atoms with Crippen molar-refractivity contribution in [3.05, 3.63) is 57.0 Å². The Hall–Kier alpha value is -1.52. The summed E-state index contributed by atoms with van der Waals surface area (Å²) in [6.45, 7) is 2.03. The summed E-state index contributed by atoms with van der Waals surface area (Å²) in [5.41, 5.74) is 8.72. The van der Waals surface area contributed by atoms with Crippen LogP contribution in [0.25, 0.3) is 0 Å².